The van der Waals surface area contributed by atoms with E-state index in [9.17, 15) is 9.59 Å². The monoisotopic (exact) mass is 274 g/mol. The topological polar surface area (TPSA) is 65.1 Å². The summed E-state index contributed by atoms with van der Waals surface area (Å²) in [5.41, 5.74) is 0.529. The SMILES string of the molecule is C=C1C(=O)O[C@H]2C[C@]3(C)OC3/C=C\C3=CC(OC3=O)[C@H]12. The van der Waals surface area contributed by atoms with Crippen molar-refractivity contribution in [1.82, 2.24) is 0 Å². The average molecular weight is 274 g/mol. The van der Waals surface area contributed by atoms with Gasteiger partial charge in [0, 0.05) is 12.0 Å². The van der Waals surface area contributed by atoms with E-state index in [1.807, 2.05) is 13.0 Å². The van der Waals surface area contributed by atoms with Gasteiger partial charge in [0.2, 0.25) is 0 Å². The molecule has 5 heteroatoms. The Balaban J connectivity index is 1.77. The van der Waals surface area contributed by atoms with Crippen LogP contribution < -0.4 is 0 Å². The van der Waals surface area contributed by atoms with E-state index >= 15 is 0 Å². The van der Waals surface area contributed by atoms with Gasteiger partial charge < -0.3 is 14.2 Å². The van der Waals surface area contributed by atoms with Gasteiger partial charge in [-0.3, -0.25) is 0 Å². The highest BCUT2D eigenvalue weighted by Gasteiger charge is 2.57. The van der Waals surface area contributed by atoms with Crippen molar-refractivity contribution in [3.8, 4) is 0 Å². The molecule has 0 aromatic rings. The highest BCUT2D eigenvalue weighted by Crippen LogP contribution is 2.47. The van der Waals surface area contributed by atoms with Crippen molar-refractivity contribution < 1.29 is 23.8 Å². The molecule has 5 atom stereocenters. The van der Waals surface area contributed by atoms with Crippen LogP contribution in [0.15, 0.2) is 36.0 Å². The maximum absolute atomic E-state index is 11.8. The smallest absolute Gasteiger partial charge is 0.338 e. The molecule has 2 fully saturated rings. The first-order chi connectivity index (χ1) is 9.48. The molecule has 3 aliphatic heterocycles. The summed E-state index contributed by atoms with van der Waals surface area (Å²) in [5.74, 6) is -1.11. The minimum Gasteiger partial charge on any atom is -0.458 e. The minimum atomic E-state index is -0.481. The van der Waals surface area contributed by atoms with Crippen LogP contribution in [0.25, 0.3) is 0 Å². The van der Waals surface area contributed by atoms with Crippen molar-refractivity contribution >= 4 is 11.9 Å². The van der Waals surface area contributed by atoms with Gasteiger partial charge in [0.25, 0.3) is 0 Å². The van der Waals surface area contributed by atoms with Crippen molar-refractivity contribution in [3.63, 3.8) is 0 Å². The summed E-state index contributed by atoms with van der Waals surface area (Å²) in [6, 6.07) is 0. The Bertz CT molecular complexity index is 601. The predicted octanol–water partition coefficient (Wildman–Crippen LogP) is 1.05. The van der Waals surface area contributed by atoms with Gasteiger partial charge in [-0.1, -0.05) is 12.7 Å². The fourth-order valence-electron chi connectivity index (χ4n) is 3.25. The molecule has 2 saturated heterocycles. The Hall–Kier alpha value is -1.88. The van der Waals surface area contributed by atoms with E-state index in [0.717, 1.165) is 0 Å². The Morgan fingerprint density at radius 1 is 1.30 bits per heavy atom. The quantitative estimate of drug-likeness (QED) is 0.375. The summed E-state index contributed by atoms with van der Waals surface area (Å²) >= 11 is 0. The van der Waals surface area contributed by atoms with Crippen molar-refractivity contribution in [2.75, 3.05) is 0 Å². The number of ether oxygens (including phenoxy) is 3. The van der Waals surface area contributed by atoms with E-state index < -0.39 is 12.1 Å². The standard InChI is InChI=1S/C15H14O5/c1-7-12-9-5-8(14(17)18-9)3-4-11-15(2,20-11)6-10(12)19-13(7)16/h3-5,9-12H,1,6H2,2H3/b4-3-/t9?,10-,11?,12-,15-/m0/s1. The van der Waals surface area contributed by atoms with Gasteiger partial charge in [0.1, 0.15) is 18.3 Å². The largest absolute Gasteiger partial charge is 0.458 e. The molecule has 0 spiro atoms. The van der Waals surface area contributed by atoms with Crippen molar-refractivity contribution in [3.05, 3.63) is 36.0 Å². The lowest BCUT2D eigenvalue weighted by Gasteiger charge is -2.23. The normalized spacial score (nSPS) is 46.9. The van der Waals surface area contributed by atoms with Crippen LogP contribution in [0.3, 0.4) is 0 Å². The van der Waals surface area contributed by atoms with Gasteiger partial charge in [-0.15, -0.1) is 0 Å². The van der Waals surface area contributed by atoms with Gasteiger partial charge in [-0.05, 0) is 19.1 Å². The first-order valence-electron chi connectivity index (χ1n) is 6.66. The van der Waals surface area contributed by atoms with Crippen LogP contribution in [0.5, 0.6) is 0 Å². The molecule has 1 aliphatic carbocycles. The van der Waals surface area contributed by atoms with Gasteiger partial charge in [-0.25, -0.2) is 9.59 Å². The van der Waals surface area contributed by atoms with Crippen LogP contribution in [0.2, 0.25) is 0 Å². The summed E-state index contributed by atoms with van der Waals surface area (Å²) in [7, 11) is 0. The van der Waals surface area contributed by atoms with Crippen molar-refractivity contribution in [2.24, 2.45) is 5.92 Å². The van der Waals surface area contributed by atoms with Gasteiger partial charge in [-0.2, -0.15) is 0 Å². The second kappa shape index (κ2) is 3.61. The molecule has 2 unspecified atom stereocenters. The number of hydrogen-bond donors (Lipinski definition) is 0. The molecule has 20 heavy (non-hydrogen) atoms. The maximum Gasteiger partial charge on any atom is 0.338 e. The Morgan fingerprint density at radius 3 is 2.90 bits per heavy atom. The van der Waals surface area contributed by atoms with E-state index in [1.165, 1.54) is 0 Å². The molecule has 3 heterocycles. The van der Waals surface area contributed by atoms with Gasteiger partial charge >= 0.3 is 11.9 Å². The van der Waals surface area contributed by atoms with E-state index in [4.69, 9.17) is 14.2 Å². The third kappa shape index (κ3) is 1.53. The summed E-state index contributed by atoms with van der Waals surface area (Å²) < 4.78 is 16.4. The molecule has 0 amide bonds. The van der Waals surface area contributed by atoms with Crippen LogP contribution >= 0.6 is 0 Å². The second-order valence-corrected chi connectivity index (χ2v) is 5.90. The van der Waals surface area contributed by atoms with Gasteiger partial charge in [0.15, 0.2) is 0 Å². The summed E-state index contributed by atoms with van der Waals surface area (Å²) in [6.45, 7) is 5.78. The third-order valence-corrected chi connectivity index (χ3v) is 4.50. The predicted molar refractivity (Wildman–Crippen MR) is 67.5 cm³/mol. The summed E-state index contributed by atoms with van der Waals surface area (Å²) in [6.07, 6.45) is 5.03. The molecule has 4 aliphatic rings. The number of carbonyl (C=O) groups is 2. The van der Waals surface area contributed by atoms with Crippen LogP contribution in [-0.2, 0) is 23.8 Å². The molecular weight excluding hydrogens is 260 g/mol. The maximum atomic E-state index is 11.8. The zero-order chi connectivity index (χ0) is 14.1. The molecule has 2 bridgehead atoms. The minimum absolute atomic E-state index is 0.0541. The Kier molecular flexibility index (Phi) is 2.15. The molecule has 0 saturated carbocycles. The molecular formula is C15H14O5. The van der Waals surface area contributed by atoms with Gasteiger partial charge in [0.05, 0.1) is 17.1 Å². The molecule has 4 rings (SSSR count). The number of rotatable bonds is 0. The number of hydrogen-bond acceptors (Lipinski definition) is 5. The Labute approximate surface area is 115 Å². The van der Waals surface area contributed by atoms with E-state index in [1.54, 1.807) is 12.2 Å². The summed E-state index contributed by atoms with van der Waals surface area (Å²) in [4.78, 5) is 23.6. The van der Waals surface area contributed by atoms with E-state index in [0.29, 0.717) is 17.6 Å². The molecule has 0 N–H and O–H groups in total. The molecule has 5 nitrogen and oxygen atoms in total. The van der Waals surface area contributed by atoms with E-state index in [2.05, 4.69) is 6.58 Å². The fraction of sp³-hybridized carbons (Fsp3) is 0.467. The van der Waals surface area contributed by atoms with Crippen LogP contribution in [0.1, 0.15) is 13.3 Å². The fourth-order valence-corrected chi connectivity index (χ4v) is 3.25. The number of carbonyl (C=O) groups excluding carboxylic acids is 2. The zero-order valence-electron chi connectivity index (χ0n) is 11.0. The third-order valence-electron chi connectivity index (χ3n) is 4.50. The first kappa shape index (κ1) is 11.9. The first-order valence-corrected chi connectivity index (χ1v) is 6.66. The lowest BCUT2D eigenvalue weighted by molar-refractivity contribution is -0.142. The Morgan fingerprint density at radius 2 is 2.10 bits per heavy atom. The van der Waals surface area contributed by atoms with E-state index in [-0.39, 0.29) is 29.7 Å². The zero-order valence-corrected chi connectivity index (χ0v) is 11.0. The molecule has 0 aromatic carbocycles. The lowest BCUT2D eigenvalue weighted by atomic mass is 9.84. The van der Waals surface area contributed by atoms with Crippen LogP contribution in [-0.4, -0.2) is 35.9 Å². The number of epoxide rings is 1. The van der Waals surface area contributed by atoms with Crippen LogP contribution in [0, 0.1) is 5.92 Å². The summed E-state index contributed by atoms with van der Waals surface area (Å²) in [5, 5.41) is 0. The number of fused-ring (bicyclic) bond motifs is 4. The van der Waals surface area contributed by atoms with Crippen molar-refractivity contribution in [2.45, 2.75) is 37.3 Å². The van der Waals surface area contributed by atoms with Crippen LogP contribution in [0.4, 0.5) is 0 Å². The second-order valence-electron chi connectivity index (χ2n) is 5.90. The molecule has 104 valence electrons. The highest BCUT2D eigenvalue weighted by atomic mass is 16.6. The van der Waals surface area contributed by atoms with Crippen molar-refractivity contribution in [1.29, 1.82) is 0 Å². The molecule has 0 radical (unpaired) electrons. The lowest BCUT2D eigenvalue weighted by Crippen LogP contribution is -2.32. The number of esters is 2. The average Bonchev–Trinajstić information content (AvgIpc) is 2.74. The highest BCUT2D eigenvalue weighted by molar-refractivity contribution is 5.95. The molecule has 0 aromatic heterocycles.